The fourth-order valence-electron chi connectivity index (χ4n) is 3.27. The predicted molar refractivity (Wildman–Crippen MR) is 97.2 cm³/mol. The summed E-state index contributed by atoms with van der Waals surface area (Å²) in [5, 5.41) is 8.98. The molecule has 0 spiro atoms. The third kappa shape index (κ3) is 3.65. The number of anilines is 1. The average Bonchev–Trinajstić information content (AvgIpc) is 2.67. The number of amides is 1. The lowest BCUT2D eigenvalue weighted by Crippen LogP contribution is -2.55. The van der Waals surface area contributed by atoms with Gasteiger partial charge in [-0.2, -0.15) is 0 Å². The van der Waals surface area contributed by atoms with Crippen molar-refractivity contribution in [2.45, 2.75) is 19.4 Å². The molecule has 0 aromatic heterocycles. The monoisotopic (exact) mass is 338 g/mol. The highest BCUT2D eigenvalue weighted by atomic mass is 16.4. The Morgan fingerprint density at radius 1 is 1.00 bits per heavy atom. The molecule has 0 bridgehead atoms. The van der Waals surface area contributed by atoms with E-state index in [1.54, 1.807) is 12.1 Å². The van der Waals surface area contributed by atoms with Gasteiger partial charge in [-0.15, -0.1) is 0 Å². The fourth-order valence-corrected chi connectivity index (χ4v) is 3.27. The molecule has 1 heterocycles. The molecule has 1 unspecified atom stereocenters. The van der Waals surface area contributed by atoms with Crippen molar-refractivity contribution in [1.29, 1.82) is 0 Å². The lowest BCUT2D eigenvalue weighted by atomic mass is 10.1. The number of carbonyl (C=O) groups is 2. The zero-order chi connectivity index (χ0) is 17.8. The minimum Gasteiger partial charge on any atom is -0.478 e. The van der Waals surface area contributed by atoms with Crippen molar-refractivity contribution in [1.82, 2.24) is 4.90 Å². The molecule has 1 N–H and O–H groups in total. The quantitative estimate of drug-likeness (QED) is 0.930. The zero-order valence-corrected chi connectivity index (χ0v) is 14.3. The van der Waals surface area contributed by atoms with E-state index in [-0.39, 0.29) is 17.5 Å². The number of carboxylic acid groups (broad SMARTS) is 1. The molecule has 130 valence electrons. The van der Waals surface area contributed by atoms with Gasteiger partial charge in [0.15, 0.2) is 0 Å². The van der Waals surface area contributed by atoms with Gasteiger partial charge in [0.1, 0.15) is 0 Å². The molecule has 1 aliphatic heterocycles. The van der Waals surface area contributed by atoms with Gasteiger partial charge in [-0.05, 0) is 42.8 Å². The van der Waals surface area contributed by atoms with Crippen molar-refractivity contribution < 1.29 is 14.7 Å². The lowest BCUT2D eigenvalue weighted by molar-refractivity contribution is 0.0648. The summed E-state index contributed by atoms with van der Waals surface area (Å²) < 4.78 is 0. The molecular formula is C20H22N2O3. The van der Waals surface area contributed by atoms with Crippen LogP contribution in [0.15, 0.2) is 54.6 Å². The van der Waals surface area contributed by atoms with Gasteiger partial charge in [-0.25, -0.2) is 4.79 Å². The van der Waals surface area contributed by atoms with Crippen LogP contribution in [0.25, 0.3) is 0 Å². The van der Waals surface area contributed by atoms with Gasteiger partial charge < -0.3 is 14.9 Å². The van der Waals surface area contributed by atoms with E-state index in [1.165, 1.54) is 17.8 Å². The first-order valence-electron chi connectivity index (χ1n) is 8.54. The number of hydrogen-bond donors (Lipinski definition) is 1. The van der Waals surface area contributed by atoms with E-state index in [2.05, 4.69) is 24.0 Å². The van der Waals surface area contributed by atoms with Gasteiger partial charge in [-0.1, -0.05) is 25.1 Å². The number of para-hydroxylation sites is 1. The lowest BCUT2D eigenvalue weighted by Gasteiger charge is -2.42. The van der Waals surface area contributed by atoms with Crippen molar-refractivity contribution >= 4 is 17.6 Å². The van der Waals surface area contributed by atoms with Gasteiger partial charge in [0.2, 0.25) is 0 Å². The molecule has 2 aromatic carbocycles. The molecule has 25 heavy (non-hydrogen) atoms. The molecule has 1 saturated heterocycles. The number of nitrogens with zero attached hydrogens (tertiary/aromatic N) is 2. The predicted octanol–water partition coefficient (Wildman–Crippen LogP) is 3.13. The van der Waals surface area contributed by atoms with E-state index in [9.17, 15) is 9.59 Å². The third-order valence-corrected chi connectivity index (χ3v) is 4.71. The normalized spacial score (nSPS) is 17.4. The Hall–Kier alpha value is -2.82. The van der Waals surface area contributed by atoms with Crippen LogP contribution in [0.5, 0.6) is 0 Å². The number of benzene rings is 2. The van der Waals surface area contributed by atoms with Crippen LogP contribution in [0, 0.1) is 0 Å². The summed E-state index contributed by atoms with van der Waals surface area (Å²) >= 11 is 0. The number of aromatic carboxylic acids is 1. The Balaban J connectivity index is 1.74. The molecule has 5 nitrogen and oxygen atoms in total. The summed E-state index contributed by atoms with van der Waals surface area (Å²) in [6.45, 7) is 4.35. The highest BCUT2D eigenvalue weighted by molar-refractivity contribution is 5.96. The summed E-state index contributed by atoms with van der Waals surface area (Å²) in [4.78, 5) is 28.0. The fraction of sp³-hybridized carbons (Fsp3) is 0.300. The smallest absolute Gasteiger partial charge is 0.335 e. The van der Waals surface area contributed by atoms with Crippen LogP contribution in [-0.4, -0.2) is 47.6 Å². The Kier molecular flexibility index (Phi) is 5.03. The Morgan fingerprint density at radius 2 is 1.64 bits per heavy atom. The van der Waals surface area contributed by atoms with Gasteiger partial charge in [-0.3, -0.25) is 4.79 Å². The summed E-state index contributed by atoms with van der Waals surface area (Å²) in [7, 11) is 0. The average molecular weight is 338 g/mol. The van der Waals surface area contributed by atoms with Crippen LogP contribution < -0.4 is 4.90 Å². The highest BCUT2D eigenvalue weighted by Gasteiger charge is 2.30. The standard InChI is InChI=1S/C20H22N2O3/c1-2-17-14-21(18-6-4-3-5-7-18)12-13-22(17)19(23)15-8-10-16(11-9-15)20(24)25/h3-11,17H,2,12-14H2,1H3,(H,24,25). The van der Waals surface area contributed by atoms with Crippen molar-refractivity contribution in [2.24, 2.45) is 0 Å². The van der Waals surface area contributed by atoms with Crippen molar-refractivity contribution in [3.63, 3.8) is 0 Å². The molecule has 0 radical (unpaired) electrons. The maximum absolute atomic E-state index is 12.9. The van der Waals surface area contributed by atoms with Crippen LogP contribution in [0.3, 0.4) is 0 Å². The van der Waals surface area contributed by atoms with Crippen molar-refractivity contribution in [3.8, 4) is 0 Å². The van der Waals surface area contributed by atoms with Gasteiger partial charge in [0.25, 0.3) is 5.91 Å². The minimum absolute atomic E-state index is 0.0310. The Morgan fingerprint density at radius 3 is 2.24 bits per heavy atom. The van der Waals surface area contributed by atoms with Gasteiger partial charge in [0.05, 0.1) is 5.56 Å². The number of piperazine rings is 1. The first kappa shape index (κ1) is 17.0. The largest absolute Gasteiger partial charge is 0.478 e. The van der Waals surface area contributed by atoms with E-state index in [1.807, 2.05) is 23.1 Å². The van der Waals surface area contributed by atoms with Crippen LogP contribution in [0.4, 0.5) is 5.69 Å². The molecule has 1 aliphatic rings. The molecule has 2 aromatic rings. The first-order chi connectivity index (χ1) is 12.1. The van der Waals surface area contributed by atoms with Crippen LogP contribution in [-0.2, 0) is 0 Å². The summed E-state index contributed by atoms with van der Waals surface area (Å²) in [5.74, 6) is -1.02. The van der Waals surface area contributed by atoms with E-state index in [4.69, 9.17) is 5.11 Å². The van der Waals surface area contributed by atoms with Crippen molar-refractivity contribution in [2.75, 3.05) is 24.5 Å². The molecule has 1 fully saturated rings. The summed E-state index contributed by atoms with van der Waals surface area (Å²) in [6, 6.07) is 16.5. The van der Waals surface area contributed by atoms with E-state index >= 15 is 0 Å². The van der Waals surface area contributed by atoms with E-state index < -0.39 is 5.97 Å². The summed E-state index contributed by atoms with van der Waals surface area (Å²) in [5.41, 5.74) is 1.91. The van der Waals surface area contributed by atoms with Crippen LogP contribution in [0.1, 0.15) is 34.1 Å². The van der Waals surface area contributed by atoms with E-state index in [0.717, 1.165) is 19.5 Å². The maximum atomic E-state index is 12.9. The topological polar surface area (TPSA) is 60.9 Å². The third-order valence-electron chi connectivity index (χ3n) is 4.71. The Bertz CT molecular complexity index is 743. The second kappa shape index (κ2) is 7.38. The molecule has 3 rings (SSSR count). The maximum Gasteiger partial charge on any atom is 0.335 e. The second-order valence-electron chi connectivity index (χ2n) is 6.22. The molecule has 0 saturated carbocycles. The van der Waals surface area contributed by atoms with Crippen LogP contribution >= 0.6 is 0 Å². The Labute approximate surface area is 147 Å². The van der Waals surface area contributed by atoms with Gasteiger partial charge in [0, 0.05) is 36.9 Å². The molecule has 0 aliphatic carbocycles. The van der Waals surface area contributed by atoms with E-state index in [0.29, 0.717) is 12.1 Å². The van der Waals surface area contributed by atoms with Crippen LogP contribution in [0.2, 0.25) is 0 Å². The number of hydrogen-bond acceptors (Lipinski definition) is 3. The van der Waals surface area contributed by atoms with Gasteiger partial charge >= 0.3 is 5.97 Å². The number of carboxylic acids is 1. The minimum atomic E-state index is -0.984. The highest BCUT2D eigenvalue weighted by Crippen LogP contribution is 2.22. The molecule has 1 atom stereocenters. The van der Waals surface area contributed by atoms with Crippen molar-refractivity contribution in [3.05, 3.63) is 65.7 Å². The SMILES string of the molecule is CCC1CN(c2ccccc2)CCN1C(=O)c1ccc(C(=O)O)cc1. The second-order valence-corrected chi connectivity index (χ2v) is 6.22. The molecule has 5 heteroatoms. The zero-order valence-electron chi connectivity index (χ0n) is 14.3. The first-order valence-corrected chi connectivity index (χ1v) is 8.54. The molecule has 1 amide bonds. The summed E-state index contributed by atoms with van der Waals surface area (Å²) in [6.07, 6.45) is 0.877. The molecular weight excluding hydrogens is 316 g/mol. The number of carbonyl (C=O) groups excluding carboxylic acids is 1. The number of rotatable bonds is 4.